The molecule has 0 bridgehead atoms. The topological polar surface area (TPSA) is 87.3 Å². The molecule has 1 saturated carbocycles. The molecule has 8 heteroatoms. The molecule has 1 aliphatic carbocycles. The SMILES string of the molecule is O=C(Cc1ccc(Cl)cc1Cl)NNC(=O)C(=O)NC1CC1. The first-order chi connectivity index (χ1) is 9.95. The van der Waals surface area contributed by atoms with Crippen molar-refractivity contribution in [2.45, 2.75) is 25.3 Å². The van der Waals surface area contributed by atoms with Gasteiger partial charge in [0, 0.05) is 16.1 Å². The summed E-state index contributed by atoms with van der Waals surface area (Å²) in [5.41, 5.74) is 4.77. The lowest BCUT2D eigenvalue weighted by atomic mass is 10.1. The van der Waals surface area contributed by atoms with Crippen LogP contribution in [0.25, 0.3) is 0 Å². The molecule has 1 aromatic carbocycles. The number of hydrogen-bond acceptors (Lipinski definition) is 3. The summed E-state index contributed by atoms with van der Waals surface area (Å²) in [5, 5.41) is 3.33. The zero-order chi connectivity index (χ0) is 15.4. The van der Waals surface area contributed by atoms with Crippen molar-refractivity contribution in [3.63, 3.8) is 0 Å². The average molecular weight is 330 g/mol. The molecule has 3 N–H and O–H groups in total. The first-order valence-corrected chi connectivity index (χ1v) is 7.05. The minimum atomic E-state index is -0.905. The molecule has 0 atom stereocenters. The van der Waals surface area contributed by atoms with Crippen LogP contribution in [0, 0.1) is 0 Å². The van der Waals surface area contributed by atoms with E-state index in [9.17, 15) is 14.4 Å². The van der Waals surface area contributed by atoms with E-state index in [0.717, 1.165) is 12.8 Å². The van der Waals surface area contributed by atoms with E-state index in [1.807, 2.05) is 5.43 Å². The number of nitrogens with one attached hydrogen (secondary N) is 3. The first-order valence-electron chi connectivity index (χ1n) is 6.29. The lowest BCUT2D eigenvalue weighted by Gasteiger charge is -2.08. The van der Waals surface area contributed by atoms with Gasteiger partial charge in [-0.1, -0.05) is 29.3 Å². The fourth-order valence-electron chi connectivity index (χ4n) is 1.54. The highest BCUT2D eigenvalue weighted by molar-refractivity contribution is 6.35. The van der Waals surface area contributed by atoms with Crippen LogP contribution in [-0.2, 0) is 20.8 Å². The summed E-state index contributed by atoms with van der Waals surface area (Å²) < 4.78 is 0. The number of carbonyl (C=O) groups excluding carboxylic acids is 3. The lowest BCUT2D eigenvalue weighted by molar-refractivity contribution is -0.140. The molecule has 1 fully saturated rings. The van der Waals surface area contributed by atoms with Crippen molar-refractivity contribution in [2.24, 2.45) is 0 Å². The van der Waals surface area contributed by atoms with Crippen LogP contribution >= 0.6 is 23.2 Å². The molecule has 0 aromatic heterocycles. The molecular formula is C13H13Cl2N3O3. The number of rotatable bonds is 3. The second-order valence-corrected chi connectivity index (χ2v) is 5.51. The Morgan fingerprint density at radius 2 is 1.81 bits per heavy atom. The Balaban J connectivity index is 1.78. The normalized spacial score (nSPS) is 13.4. The van der Waals surface area contributed by atoms with Gasteiger partial charge in [-0.25, -0.2) is 0 Å². The molecule has 6 nitrogen and oxygen atoms in total. The monoisotopic (exact) mass is 329 g/mol. The number of amides is 3. The van der Waals surface area contributed by atoms with Gasteiger partial charge in [-0.3, -0.25) is 25.2 Å². The van der Waals surface area contributed by atoms with Crippen molar-refractivity contribution < 1.29 is 14.4 Å². The van der Waals surface area contributed by atoms with Gasteiger partial charge in [0.05, 0.1) is 6.42 Å². The molecule has 112 valence electrons. The van der Waals surface area contributed by atoms with Crippen LogP contribution < -0.4 is 16.2 Å². The molecule has 0 spiro atoms. The predicted molar refractivity (Wildman–Crippen MR) is 77.6 cm³/mol. The molecule has 1 aliphatic rings. The van der Waals surface area contributed by atoms with Crippen LogP contribution in [0.5, 0.6) is 0 Å². The van der Waals surface area contributed by atoms with Crippen LogP contribution in [0.2, 0.25) is 10.0 Å². The molecule has 0 saturated heterocycles. The Hall–Kier alpha value is -1.79. The van der Waals surface area contributed by atoms with Crippen LogP contribution in [0.4, 0.5) is 0 Å². The van der Waals surface area contributed by atoms with E-state index in [-0.39, 0.29) is 12.5 Å². The summed E-state index contributed by atoms with van der Waals surface area (Å²) in [6, 6.07) is 4.82. The van der Waals surface area contributed by atoms with E-state index in [1.165, 1.54) is 6.07 Å². The van der Waals surface area contributed by atoms with Gasteiger partial charge in [-0.2, -0.15) is 0 Å². The van der Waals surface area contributed by atoms with Crippen LogP contribution in [0.1, 0.15) is 18.4 Å². The summed E-state index contributed by atoms with van der Waals surface area (Å²) in [6.45, 7) is 0. The summed E-state index contributed by atoms with van der Waals surface area (Å²) in [7, 11) is 0. The summed E-state index contributed by atoms with van der Waals surface area (Å²) in [4.78, 5) is 34.4. The molecule has 21 heavy (non-hydrogen) atoms. The Kier molecular flexibility index (Phi) is 5.03. The van der Waals surface area contributed by atoms with E-state index >= 15 is 0 Å². The van der Waals surface area contributed by atoms with Gasteiger partial charge in [0.25, 0.3) is 0 Å². The maximum absolute atomic E-state index is 11.7. The molecule has 0 radical (unpaired) electrons. The molecular weight excluding hydrogens is 317 g/mol. The van der Waals surface area contributed by atoms with Gasteiger partial charge in [0.2, 0.25) is 5.91 Å². The zero-order valence-electron chi connectivity index (χ0n) is 10.9. The molecule has 2 rings (SSSR count). The quantitative estimate of drug-likeness (QED) is 0.570. The second-order valence-electron chi connectivity index (χ2n) is 4.66. The number of halogens is 2. The molecule has 3 amide bonds. The number of carbonyl (C=O) groups is 3. The van der Waals surface area contributed by atoms with Crippen LogP contribution in [-0.4, -0.2) is 23.8 Å². The first kappa shape index (κ1) is 15.6. The highest BCUT2D eigenvalue weighted by Crippen LogP contribution is 2.21. The number of hydrazine groups is 1. The molecule has 0 heterocycles. The van der Waals surface area contributed by atoms with Gasteiger partial charge < -0.3 is 5.32 Å². The zero-order valence-corrected chi connectivity index (χ0v) is 12.4. The molecule has 0 aliphatic heterocycles. The lowest BCUT2D eigenvalue weighted by Crippen LogP contribution is -2.49. The van der Waals surface area contributed by atoms with E-state index in [2.05, 4.69) is 10.7 Å². The van der Waals surface area contributed by atoms with Crippen molar-refractivity contribution in [2.75, 3.05) is 0 Å². The Labute approximate surface area is 131 Å². The van der Waals surface area contributed by atoms with Gasteiger partial charge in [-0.15, -0.1) is 0 Å². The Morgan fingerprint density at radius 3 is 2.43 bits per heavy atom. The summed E-state index contributed by atoms with van der Waals surface area (Å²) in [6.07, 6.45) is 1.71. The van der Waals surface area contributed by atoms with Crippen LogP contribution in [0.15, 0.2) is 18.2 Å². The van der Waals surface area contributed by atoms with Gasteiger partial charge in [-0.05, 0) is 30.5 Å². The largest absolute Gasteiger partial charge is 0.345 e. The van der Waals surface area contributed by atoms with Crippen molar-refractivity contribution in [1.82, 2.24) is 16.2 Å². The average Bonchev–Trinajstić information content (AvgIpc) is 3.23. The van der Waals surface area contributed by atoms with Crippen LogP contribution in [0.3, 0.4) is 0 Å². The minimum Gasteiger partial charge on any atom is -0.345 e. The van der Waals surface area contributed by atoms with Crippen molar-refractivity contribution in [3.8, 4) is 0 Å². The number of hydrogen-bond donors (Lipinski definition) is 3. The highest BCUT2D eigenvalue weighted by atomic mass is 35.5. The third kappa shape index (κ3) is 4.91. The van der Waals surface area contributed by atoms with Gasteiger partial charge in [0.15, 0.2) is 0 Å². The second kappa shape index (κ2) is 6.78. The van der Waals surface area contributed by atoms with Gasteiger partial charge in [0.1, 0.15) is 0 Å². The number of benzene rings is 1. The third-order valence-electron chi connectivity index (χ3n) is 2.80. The smallest absolute Gasteiger partial charge is 0.327 e. The maximum Gasteiger partial charge on any atom is 0.327 e. The standard InChI is InChI=1S/C13H13Cl2N3O3/c14-8-2-1-7(10(15)6-8)5-11(19)17-18-13(21)12(20)16-9-3-4-9/h1-2,6,9H,3-5H2,(H,16,20)(H,17,19)(H,18,21). The Bertz CT molecular complexity index is 588. The third-order valence-corrected chi connectivity index (χ3v) is 3.39. The predicted octanol–water partition coefficient (Wildman–Crippen LogP) is 0.962. The van der Waals surface area contributed by atoms with Crippen molar-refractivity contribution in [3.05, 3.63) is 33.8 Å². The van der Waals surface area contributed by atoms with E-state index < -0.39 is 17.7 Å². The fourth-order valence-corrected chi connectivity index (χ4v) is 2.02. The Morgan fingerprint density at radius 1 is 1.10 bits per heavy atom. The van der Waals surface area contributed by atoms with Crippen molar-refractivity contribution in [1.29, 1.82) is 0 Å². The minimum absolute atomic E-state index is 0.0411. The maximum atomic E-state index is 11.7. The fraction of sp³-hybridized carbons (Fsp3) is 0.308. The molecule has 1 aromatic rings. The van der Waals surface area contributed by atoms with Crippen molar-refractivity contribution >= 4 is 40.9 Å². The van der Waals surface area contributed by atoms with Gasteiger partial charge >= 0.3 is 11.8 Å². The highest BCUT2D eigenvalue weighted by Gasteiger charge is 2.26. The van der Waals surface area contributed by atoms with E-state index in [0.29, 0.717) is 15.6 Å². The van der Waals surface area contributed by atoms with E-state index in [4.69, 9.17) is 23.2 Å². The molecule has 0 unspecified atom stereocenters. The van der Waals surface area contributed by atoms with E-state index in [1.54, 1.807) is 12.1 Å². The summed E-state index contributed by atoms with van der Waals surface area (Å²) >= 11 is 11.7. The summed E-state index contributed by atoms with van der Waals surface area (Å²) in [5.74, 6) is -2.16.